The number of rotatable bonds is 7. The molecular weight excluding hydrogens is 346 g/mol. The summed E-state index contributed by atoms with van der Waals surface area (Å²) in [5.74, 6) is 0.617. The molecule has 0 atom stereocenters. The van der Waals surface area contributed by atoms with Crippen LogP contribution in [0, 0.1) is 0 Å². The van der Waals surface area contributed by atoms with Gasteiger partial charge in [-0.2, -0.15) is 5.10 Å². The Morgan fingerprint density at radius 2 is 2.04 bits per heavy atom. The van der Waals surface area contributed by atoms with Gasteiger partial charge in [-0.15, -0.1) is 0 Å². The topological polar surface area (TPSA) is 88.5 Å². The second kappa shape index (κ2) is 9.72. The van der Waals surface area contributed by atoms with E-state index in [4.69, 9.17) is 4.74 Å². The van der Waals surface area contributed by atoms with Gasteiger partial charge in [-0.05, 0) is 25.1 Å². The molecule has 1 aromatic heterocycles. The molecule has 1 fully saturated rings. The van der Waals surface area contributed by atoms with E-state index in [1.54, 1.807) is 17.1 Å². The molecule has 144 valence electrons. The van der Waals surface area contributed by atoms with Crippen LogP contribution in [0.15, 0.2) is 42.7 Å². The minimum atomic E-state index is -0.157. The van der Waals surface area contributed by atoms with Crippen LogP contribution < -0.4 is 15.4 Å². The van der Waals surface area contributed by atoms with E-state index in [-0.39, 0.29) is 24.8 Å². The van der Waals surface area contributed by atoms with Gasteiger partial charge in [-0.25, -0.2) is 0 Å². The Morgan fingerprint density at radius 1 is 1.19 bits per heavy atom. The summed E-state index contributed by atoms with van der Waals surface area (Å²) >= 11 is 0. The molecule has 1 aliphatic rings. The number of nitrogens with zero attached hydrogens (tertiary/aromatic N) is 3. The van der Waals surface area contributed by atoms with Crippen molar-refractivity contribution in [2.75, 3.05) is 38.1 Å². The van der Waals surface area contributed by atoms with Crippen molar-refractivity contribution in [3.05, 3.63) is 42.7 Å². The number of hydrogen-bond donors (Lipinski definition) is 2. The molecule has 2 aromatic rings. The Hall–Kier alpha value is -2.87. The Bertz CT molecular complexity index is 739. The van der Waals surface area contributed by atoms with Crippen LogP contribution >= 0.6 is 0 Å². The lowest BCUT2D eigenvalue weighted by atomic mass is 10.3. The molecule has 2 N–H and O–H groups in total. The quantitative estimate of drug-likeness (QED) is 0.761. The zero-order valence-electron chi connectivity index (χ0n) is 15.3. The van der Waals surface area contributed by atoms with Gasteiger partial charge in [0.2, 0.25) is 11.8 Å². The van der Waals surface area contributed by atoms with Gasteiger partial charge in [-0.3, -0.25) is 14.3 Å². The van der Waals surface area contributed by atoms with Gasteiger partial charge in [0, 0.05) is 25.8 Å². The minimum Gasteiger partial charge on any atom is -0.493 e. The number of carbonyl (C=O) groups excluding carboxylic acids is 2. The second-order valence-electron chi connectivity index (χ2n) is 6.37. The van der Waals surface area contributed by atoms with Crippen molar-refractivity contribution < 1.29 is 14.3 Å². The Kier molecular flexibility index (Phi) is 6.81. The number of amides is 2. The fourth-order valence-electron chi connectivity index (χ4n) is 2.85. The molecule has 1 saturated heterocycles. The zero-order chi connectivity index (χ0) is 18.9. The van der Waals surface area contributed by atoms with Crippen LogP contribution in [0.2, 0.25) is 0 Å². The Labute approximate surface area is 158 Å². The van der Waals surface area contributed by atoms with Crippen LogP contribution in [-0.4, -0.2) is 59.3 Å². The van der Waals surface area contributed by atoms with Crippen LogP contribution in [0.3, 0.4) is 0 Å². The molecule has 0 bridgehead atoms. The fraction of sp³-hybridized carbons (Fsp3) is 0.421. The lowest BCUT2D eigenvalue weighted by Crippen LogP contribution is -2.36. The van der Waals surface area contributed by atoms with E-state index in [9.17, 15) is 9.59 Å². The molecule has 0 spiro atoms. The number of anilines is 1. The van der Waals surface area contributed by atoms with Crippen molar-refractivity contribution in [1.29, 1.82) is 0 Å². The lowest BCUT2D eigenvalue weighted by Gasteiger charge is -2.19. The van der Waals surface area contributed by atoms with Crippen molar-refractivity contribution in [2.45, 2.75) is 19.4 Å². The number of ether oxygens (including phenoxy) is 1. The van der Waals surface area contributed by atoms with Crippen LogP contribution in [0.4, 0.5) is 5.69 Å². The Morgan fingerprint density at radius 3 is 2.89 bits per heavy atom. The van der Waals surface area contributed by atoms with Gasteiger partial charge < -0.3 is 20.3 Å². The smallest absolute Gasteiger partial charge is 0.244 e. The summed E-state index contributed by atoms with van der Waals surface area (Å²) in [6.45, 7) is 3.70. The van der Waals surface area contributed by atoms with E-state index in [0.29, 0.717) is 18.8 Å². The summed E-state index contributed by atoms with van der Waals surface area (Å²) in [7, 11) is 0. The minimum absolute atomic E-state index is 0.0379. The SMILES string of the molecule is O=C(CCOc1ccccc1)Nc1cnn(CC(=O)N2CCCNCC2)c1. The van der Waals surface area contributed by atoms with E-state index in [1.807, 2.05) is 35.2 Å². The number of nitrogens with one attached hydrogen (secondary N) is 2. The van der Waals surface area contributed by atoms with Gasteiger partial charge in [0.05, 0.1) is 24.9 Å². The summed E-state index contributed by atoms with van der Waals surface area (Å²) in [6, 6.07) is 9.37. The van der Waals surface area contributed by atoms with Crippen molar-refractivity contribution in [3.8, 4) is 5.75 Å². The number of para-hydroxylation sites is 1. The van der Waals surface area contributed by atoms with E-state index in [1.165, 1.54) is 0 Å². The standard InChI is InChI=1S/C19H25N5O3/c25-18(7-12-27-17-5-2-1-3-6-17)22-16-13-21-24(14-16)15-19(26)23-10-4-8-20-9-11-23/h1-3,5-6,13-14,20H,4,7-12,15H2,(H,22,25). The first kappa shape index (κ1) is 18.9. The molecular formula is C19H25N5O3. The third-order valence-corrected chi connectivity index (χ3v) is 4.25. The lowest BCUT2D eigenvalue weighted by molar-refractivity contribution is -0.131. The molecule has 8 heteroatoms. The van der Waals surface area contributed by atoms with Crippen LogP contribution in [0.5, 0.6) is 5.75 Å². The van der Waals surface area contributed by atoms with Gasteiger partial charge in [0.1, 0.15) is 12.3 Å². The number of carbonyl (C=O) groups is 2. The largest absolute Gasteiger partial charge is 0.493 e. The summed E-state index contributed by atoms with van der Waals surface area (Å²) in [4.78, 5) is 26.2. The molecule has 1 aromatic carbocycles. The first-order valence-electron chi connectivity index (χ1n) is 9.19. The summed E-state index contributed by atoms with van der Waals surface area (Å²) in [5.41, 5.74) is 0.574. The van der Waals surface area contributed by atoms with Gasteiger partial charge >= 0.3 is 0 Å². The maximum Gasteiger partial charge on any atom is 0.244 e. The third-order valence-electron chi connectivity index (χ3n) is 4.25. The third kappa shape index (κ3) is 6.10. The molecule has 0 saturated carbocycles. The first-order chi connectivity index (χ1) is 13.2. The monoisotopic (exact) mass is 371 g/mol. The van der Waals surface area contributed by atoms with Crippen molar-refractivity contribution in [2.24, 2.45) is 0 Å². The first-order valence-corrected chi connectivity index (χ1v) is 9.19. The summed E-state index contributed by atoms with van der Waals surface area (Å²) in [6.07, 6.45) is 4.41. The highest BCUT2D eigenvalue weighted by Gasteiger charge is 2.16. The summed E-state index contributed by atoms with van der Waals surface area (Å²) in [5, 5.41) is 10.2. The van der Waals surface area contributed by atoms with Gasteiger partial charge in [0.15, 0.2) is 0 Å². The van der Waals surface area contributed by atoms with Crippen LogP contribution in [0.1, 0.15) is 12.8 Å². The average molecular weight is 371 g/mol. The molecule has 1 aliphatic heterocycles. The molecule has 27 heavy (non-hydrogen) atoms. The number of benzene rings is 1. The number of hydrogen-bond acceptors (Lipinski definition) is 5. The molecule has 0 radical (unpaired) electrons. The molecule has 8 nitrogen and oxygen atoms in total. The van der Waals surface area contributed by atoms with E-state index in [2.05, 4.69) is 15.7 Å². The predicted molar refractivity (Wildman–Crippen MR) is 101 cm³/mol. The van der Waals surface area contributed by atoms with E-state index < -0.39 is 0 Å². The second-order valence-corrected chi connectivity index (χ2v) is 6.37. The van der Waals surface area contributed by atoms with E-state index in [0.717, 1.165) is 31.8 Å². The van der Waals surface area contributed by atoms with Gasteiger partial charge in [-0.1, -0.05) is 18.2 Å². The molecule has 0 aliphatic carbocycles. The van der Waals surface area contributed by atoms with E-state index >= 15 is 0 Å². The normalized spacial score (nSPS) is 14.4. The molecule has 3 rings (SSSR count). The van der Waals surface area contributed by atoms with Crippen LogP contribution in [0.25, 0.3) is 0 Å². The predicted octanol–water partition coefficient (Wildman–Crippen LogP) is 1.11. The highest BCUT2D eigenvalue weighted by Crippen LogP contribution is 2.10. The zero-order valence-corrected chi connectivity index (χ0v) is 15.3. The van der Waals surface area contributed by atoms with Crippen molar-refractivity contribution in [1.82, 2.24) is 20.0 Å². The summed E-state index contributed by atoms with van der Waals surface area (Å²) < 4.78 is 7.06. The molecule has 2 amide bonds. The molecule has 2 heterocycles. The van der Waals surface area contributed by atoms with Crippen molar-refractivity contribution in [3.63, 3.8) is 0 Å². The average Bonchev–Trinajstić information content (AvgIpc) is 2.93. The Balaban J connectivity index is 1.41. The maximum atomic E-state index is 12.4. The highest BCUT2D eigenvalue weighted by molar-refractivity contribution is 5.90. The van der Waals surface area contributed by atoms with Crippen LogP contribution in [-0.2, 0) is 16.1 Å². The van der Waals surface area contributed by atoms with Crippen molar-refractivity contribution >= 4 is 17.5 Å². The highest BCUT2D eigenvalue weighted by atomic mass is 16.5. The van der Waals surface area contributed by atoms with Gasteiger partial charge in [0.25, 0.3) is 0 Å². The molecule has 0 unspecified atom stereocenters. The fourth-order valence-corrected chi connectivity index (χ4v) is 2.85. The maximum absolute atomic E-state index is 12.4. The number of aromatic nitrogens is 2.